The summed E-state index contributed by atoms with van der Waals surface area (Å²) in [4.78, 5) is 2.31. The van der Waals surface area contributed by atoms with Crippen molar-refractivity contribution >= 4 is 15.9 Å². The largest absolute Gasteiger partial charge is 0.387 e. The molecule has 1 unspecified atom stereocenters. The van der Waals surface area contributed by atoms with Crippen molar-refractivity contribution in [3.63, 3.8) is 0 Å². The van der Waals surface area contributed by atoms with E-state index < -0.39 is 6.10 Å². The first-order valence-corrected chi connectivity index (χ1v) is 6.71. The molecule has 1 aromatic rings. The number of aliphatic hydroxyl groups excluding tert-OH is 1. The Labute approximate surface area is 111 Å². The van der Waals surface area contributed by atoms with Gasteiger partial charge in [-0.25, -0.2) is 0 Å². The van der Waals surface area contributed by atoms with Crippen LogP contribution >= 0.6 is 15.9 Å². The van der Waals surface area contributed by atoms with Crippen molar-refractivity contribution in [3.05, 3.63) is 33.8 Å². The number of nitrogens with one attached hydrogen (secondary N) is 1. The standard InChI is InChI=1S/C13H19BrN2O/c1-15-6-13(17)9-3-4-11(12(14)5-9)10-7-16(2)8-10/h3-5,10,13,15,17H,6-8H2,1-2H3. The van der Waals surface area contributed by atoms with Gasteiger partial charge in [0, 0.05) is 30.0 Å². The summed E-state index contributed by atoms with van der Waals surface area (Å²) < 4.78 is 1.11. The molecule has 1 saturated heterocycles. The maximum Gasteiger partial charge on any atom is 0.0914 e. The summed E-state index contributed by atoms with van der Waals surface area (Å²) in [7, 11) is 3.98. The molecular weight excluding hydrogens is 280 g/mol. The molecule has 2 N–H and O–H groups in total. The Morgan fingerprint density at radius 3 is 2.76 bits per heavy atom. The summed E-state index contributed by atoms with van der Waals surface area (Å²) in [5.41, 5.74) is 2.31. The van der Waals surface area contributed by atoms with E-state index in [-0.39, 0.29) is 0 Å². The van der Waals surface area contributed by atoms with Crippen molar-refractivity contribution in [1.82, 2.24) is 10.2 Å². The number of nitrogens with zero attached hydrogens (tertiary/aromatic N) is 1. The van der Waals surface area contributed by atoms with Crippen LogP contribution in [0.25, 0.3) is 0 Å². The highest BCUT2D eigenvalue weighted by molar-refractivity contribution is 9.10. The first-order valence-electron chi connectivity index (χ1n) is 5.92. The van der Waals surface area contributed by atoms with E-state index in [2.05, 4.69) is 39.3 Å². The number of benzene rings is 1. The predicted octanol–water partition coefficient (Wildman–Crippen LogP) is 1.73. The van der Waals surface area contributed by atoms with Crippen LogP contribution in [0.2, 0.25) is 0 Å². The van der Waals surface area contributed by atoms with E-state index in [0.29, 0.717) is 12.5 Å². The quantitative estimate of drug-likeness (QED) is 0.889. The summed E-state index contributed by atoms with van der Waals surface area (Å²) in [5, 5.41) is 12.9. The van der Waals surface area contributed by atoms with Crippen LogP contribution < -0.4 is 5.32 Å². The maximum absolute atomic E-state index is 9.90. The third kappa shape index (κ3) is 2.88. The van der Waals surface area contributed by atoms with Gasteiger partial charge in [0.25, 0.3) is 0 Å². The van der Waals surface area contributed by atoms with Crippen molar-refractivity contribution in [2.24, 2.45) is 0 Å². The molecule has 0 saturated carbocycles. The molecule has 0 spiro atoms. The normalized spacial score (nSPS) is 19.1. The Hall–Kier alpha value is -0.420. The molecule has 4 heteroatoms. The Bertz CT molecular complexity index is 391. The third-order valence-electron chi connectivity index (χ3n) is 3.31. The van der Waals surface area contributed by atoms with Gasteiger partial charge in [-0.15, -0.1) is 0 Å². The molecule has 0 amide bonds. The summed E-state index contributed by atoms with van der Waals surface area (Å²) in [6.45, 7) is 2.83. The highest BCUT2D eigenvalue weighted by Crippen LogP contribution is 2.32. The summed E-state index contributed by atoms with van der Waals surface area (Å²) in [5.74, 6) is 0.630. The Morgan fingerprint density at radius 1 is 1.53 bits per heavy atom. The number of halogens is 1. The zero-order valence-electron chi connectivity index (χ0n) is 10.3. The van der Waals surface area contributed by atoms with Crippen LogP contribution in [0.5, 0.6) is 0 Å². The molecule has 1 atom stereocenters. The van der Waals surface area contributed by atoms with Gasteiger partial charge in [0.15, 0.2) is 0 Å². The number of hydrogen-bond donors (Lipinski definition) is 2. The van der Waals surface area contributed by atoms with Gasteiger partial charge >= 0.3 is 0 Å². The van der Waals surface area contributed by atoms with Crippen molar-refractivity contribution in [2.45, 2.75) is 12.0 Å². The van der Waals surface area contributed by atoms with Crippen LogP contribution in [-0.2, 0) is 0 Å². The van der Waals surface area contributed by atoms with Gasteiger partial charge in [-0.3, -0.25) is 0 Å². The topological polar surface area (TPSA) is 35.5 Å². The van der Waals surface area contributed by atoms with Gasteiger partial charge < -0.3 is 15.3 Å². The monoisotopic (exact) mass is 298 g/mol. The van der Waals surface area contributed by atoms with Crippen molar-refractivity contribution < 1.29 is 5.11 Å². The highest BCUT2D eigenvalue weighted by atomic mass is 79.9. The van der Waals surface area contributed by atoms with Crippen LogP contribution in [0.4, 0.5) is 0 Å². The molecule has 0 bridgehead atoms. The van der Waals surface area contributed by atoms with Crippen LogP contribution in [0.15, 0.2) is 22.7 Å². The van der Waals surface area contributed by atoms with Crippen LogP contribution in [0.1, 0.15) is 23.1 Å². The average Bonchev–Trinajstić information content (AvgIpc) is 2.25. The molecule has 2 rings (SSSR count). The van der Waals surface area contributed by atoms with Crippen LogP contribution in [0.3, 0.4) is 0 Å². The minimum Gasteiger partial charge on any atom is -0.387 e. The number of likely N-dealkylation sites (N-methyl/N-ethyl adjacent to an activating group) is 2. The molecule has 0 aliphatic carbocycles. The van der Waals surface area contributed by atoms with Crippen molar-refractivity contribution in [1.29, 1.82) is 0 Å². The molecule has 1 aliphatic heterocycles. The van der Waals surface area contributed by atoms with E-state index in [1.54, 1.807) is 0 Å². The zero-order valence-corrected chi connectivity index (χ0v) is 11.9. The van der Waals surface area contributed by atoms with E-state index >= 15 is 0 Å². The summed E-state index contributed by atoms with van der Waals surface area (Å²) in [6, 6.07) is 6.20. The predicted molar refractivity (Wildman–Crippen MR) is 73.3 cm³/mol. The lowest BCUT2D eigenvalue weighted by Gasteiger charge is -2.37. The molecule has 3 nitrogen and oxygen atoms in total. The maximum atomic E-state index is 9.90. The molecule has 0 radical (unpaired) electrons. The van der Waals surface area contributed by atoms with Gasteiger partial charge in [-0.05, 0) is 31.3 Å². The van der Waals surface area contributed by atoms with Gasteiger partial charge in [0.05, 0.1) is 6.10 Å². The lowest BCUT2D eigenvalue weighted by molar-refractivity contribution is 0.177. The van der Waals surface area contributed by atoms with Crippen molar-refractivity contribution in [3.8, 4) is 0 Å². The van der Waals surface area contributed by atoms with Crippen molar-refractivity contribution in [2.75, 3.05) is 33.7 Å². The second kappa shape index (κ2) is 5.48. The molecule has 1 aliphatic rings. The zero-order chi connectivity index (χ0) is 12.4. The average molecular weight is 299 g/mol. The van der Waals surface area contributed by atoms with E-state index in [9.17, 15) is 5.11 Å². The minimum absolute atomic E-state index is 0.436. The molecule has 1 aromatic carbocycles. The molecular formula is C13H19BrN2O. The molecule has 1 heterocycles. The first-order chi connectivity index (χ1) is 8.11. The van der Waals surface area contributed by atoms with E-state index in [4.69, 9.17) is 0 Å². The number of likely N-dealkylation sites (tertiary alicyclic amines) is 1. The summed E-state index contributed by atoms with van der Waals surface area (Å²) in [6.07, 6.45) is -0.436. The van der Waals surface area contributed by atoms with E-state index in [1.807, 2.05) is 19.2 Å². The fraction of sp³-hybridized carbons (Fsp3) is 0.538. The second-order valence-electron chi connectivity index (χ2n) is 4.77. The Balaban J connectivity index is 2.11. The van der Waals surface area contributed by atoms with Gasteiger partial charge in [0.1, 0.15) is 0 Å². The molecule has 17 heavy (non-hydrogen) atoms. The van der Waals surface area contributed by atoms with E-state index in [1.165, 1.54) is 5.56 Å². The van der Waals surface area contributed by atoms with Gasteiger partial charge in [-0.1, -0.05) is 28.1 Å². The second-order valence-corrected chi connectivity index (χ2v) is 5.63. The van der Waals surface area contributed by atoms with Gasteiger partial charge in [-0.2, -0.15) is 0 Å². The van der Waals surface area contributed by atoms with Crippen LogP contribution in [-0.4, -0.2) is 43.7 Å². The third-order valence-corrected chi connectivity index (χ3v) is 4.00. The lowest BCUT2D eigenvalue weighted by atomic mass is 9.91. The molecule has 0 aromatic heterocycles. The highest BCUT2D eigenvalue weighted by Gasteiger charge is 2.26. The number of hydrogen-bond acceptors (Lipinski definition) is 3. The Morgan fingerprint density at radius 2 is 2.24 bits per heavy atom. The Kier molecular flexibility index (Phi) is 4.20. The smallest absolute Gasteiger partial charge is 0.0914 e. The fourth-order valence-electron chi connectivity index (χ4n) is 2.29. The summed E-state index contributed by atoms with van der Waals surface area (Å²) >= 11 is 3.61. The van der Waals surface area contributed by atoms with Crippen LogP contribution in [0, 0.1) is 0 Å². The first kappa shape index (κ1) is 13.0. The van der Waals surface area contributed by atoms with Gasteiger partial charge in [0.2, 0.25) is 0 Å². The number of aliphatic hydroxyl groups is 1. The number of rotatable bonds is 4. The minimum atomic E-state index is -0.436. The SMILES string of the molecule is CNCC(O)c1ccc(C2CN(C)C2)c(Br)c1. The lowest BCUT2D eigenvalue weighted by Crippen LogP contribution is -2.41. The molecule has 94 valence electrons. The fourth-order valence-corrected chi connectivity index (χ4v) is 3.01. The van der Waals surface area contributed by atoms with E-state index in [0.717, 1.165) is 23.1 Å². The molecule has 1 fully saturated rings.